The highest BCUT2D eigenvalue weighted by Crippen LogP contribution is 2.27. The first-order valence-corrected chi connectivity index (χ1v) is 8.39. The molecule has 6 nitrogen and oxygen atoms in total. The third-order valence-corrected chi connectivity index (χ3v) is 5.69. The van der Waals surface area contributed by atoms with Gasteiger partial charge in [0.2, 0.25) is 0 Å². The Balaban J connectivity index is 2.99. The van der Waals surface area contributed by atoms with Gasteiger partial charge in [-0.1, -0.05) is 0 Å². The van der Waals surface area contributed by atoms with Crippen molar-refractivity contribution in [3.63, 3.8) is 0 Å². The Labute approximate surface area is 125 Å². The van der Waals surface area contributed by atoms with Crippen LogP contribution in [-0.4, -0.2) is 30.9 Å². The lowest BCUT2D eigenvalue weighted by atomic mass is 10.2. The summed E-state index contributed by atoms with van der Waals surface area (Å²) in [5.74, 6) is 0. The topological polar surface area (TPSA) is 89.3 Å². The predicted molar refractivity (Wildman–Crippen MR) is 83.2 cm³/mol. The van der Waals surface area contributed by atoms with Gasteiger partial charge in [0.05, 0.1) is 9.67 Å². The Bertz CT molecular complexity index is 599. The van der Waals surface area contributed by atoms with Crippen molar-refractivity contribution in [1.82, 2.24) is 0 Å². The number of rotatable bonds is 5. The van der Waals surface area contributed by atoms with E-state index in [1.807, 2.05) is 22.6 Å². The SMILES string of the molecule is CC(C)(CNc1ccc(I)cc1[N+](=O)[O-])S(C)(=O)=O. The summed E-state index contributed by atoms with van der Waals surface area (Å²) >= 11 is 1.98. The molecule has 0 spiro atoms. The number of nitro benzene ring substituents is 1. The molecule has 0 bridgehead atoms. The fourth-order valence-electron chi connectivity index (χ4n) is 1.24. The zero-order valence-electron chi connectivity index (χ0n) is 10.8. The first-order chi connectivity index (χ1) is 8.54. The van der Waals surface area contributed by atoms with E-state index in [9.17, 15) is 18.5 Å². The van der Waals surface area contributed by atoms with Gasteiger partial charge in [-0.15, -0.1) is 0 Å². The molecule has 0 fully saturated rings. The van der Waals surface area contributed by atoms with Crippen LogP contribution in [0.4, 0.5) is 11.4 Å². The summed E-state index contributed by atoms with van der Waals surface area (Å²) in [5.41, 5.74) is 0.262. The van der Waals surface area contributed by atoms with Crippen LogP contribution in [0.1, 0.15) is 13.8 Å². The molecule has 0 saturated carbocycles. The van der Waals surface area contributed by atoms with E-state index in [0.717, 1.165) is 9.83 Å². The summed E-state index contributed by atoms with van der Waals surface area (Å²) in [7, 11) is -3.25. The average Bonchev–Trinajstić information content (AvgIpc) is 2.25. The molecule has 1 N–H and O–H groups in total. The van der Waals surface area contributed by atoms with Gasteiger partial charge in [0.25, 0.3) is 5.69 Å². The van der Waals surface area contributed by atoms with Crippen LogP contribution in [0.15, 0.2) is 18.2 Å². The van der Waals surface area contributed by atoms with Crippen LogP contribution < -0.4 is 5.32 Å². The van der Waals surface area contributed by atoms with Crippen molar-refractivity contribution in [2.45, 2.75) is 18.6 Å². The molecular formula is C11H15IN2O4S. The van der Waals surface area contributed by atoms with Crippen LogP contribution in [0.5, 0.6) is 0 Å². The number of halogens is 1. The van der Waals surface area contributed by atoms with E-state index in [4.69, 9.17) is 0 Å². The minimum Gasteiger partial charge on any atom is -0.378 e. The van der Waals surface area contributed by atoms with Crippen LogP contribution in [0.3, 0.4) is 0 Å². The van der Waals surface area contributed by atoms with E-state index in [-0.39, 0.29) is 12.2 Å². The lowest BCUT2D eigenvalue weighted by Crippen LogP contribution is -2.38. The fraction of sp³-hybridized carbons (Fsp3) is 0.455. The van der Waals surface area contributed by atoms with Crippen molar-refractivity contribution in [3.05, 3.63) is 31.9 Å². The molecule has 8 heteroatoms. The van der Waals surface area contributed by atoms with Crippen LogP contribution in [0, 0.1) is 13.7 Å². The number of hydrogen-bond donors (Lipinski definition) is 1. The summed E-state index contributed by atoms with van der Waals surface area (Å²) in [4.78, 5) is 10.5. The van der Waals surface area contributed by atoms with Crippen molar-refractivity contribution in [2.75, 3.05) is 18.1 Å². The van der Waals surface area contributed by atoms with Gasteiger partial charge in [0.15, 0.2) is 9.84 Å². The van der Waals surface area contributed by atoms with Crippen LogP contribution in [0.25, 0.3) is 0 Å². The standard InChI is InChI=1S/C11H15IN2O4S/c1-11(2,19(3,17)18)7-13-9-5-4-8(12)6-10(9)14(15)16/h4-6,13H,7H2,1-3H3. The van der Waals surface area contributed by atoms with E-state index < -0.39 is 19.5 Å². The van der Waals surface area contributed by atoms with Gasteiger partial charge in [0.1, 0.15) is 5.69 Å². The number of nitro groups is 1. The van der Waals surface area contributed by atoms with Crippen LogP contribution in [0.2, 0.25) is 0 Å². The molecule has 1 rings (SSSR count). The molecule has 19 heavy (non-hydrogen) atoms. The molecule has 1 aromatic rings. The van der Waals surface area contributed by atoms with Crippen LogP contribution in [-0.2, 0) is 9.84 Å². The average molecular weight is 398 g/mol. The number of sulfone groups is 1. The Hall–Kier alpha value is -0.900. The van der Waals surface area contributed by atoms with Crippen molar-refractivity contribution in [1.29, 1.82) is 0 Å². The molecule has 0 aromatic heterocycles. The number of hydrogen-bond acceptors (Lipinski definition) is 5. The quantitative estimate of drug-likeness (QED) is 0.468. The Kier molecular flexibility index (Phi) is 4.77. The summed E-state index contributed by atoms with van der Waals surface area (Å²) in [6, 6.07) is 4.75. The lowest BCUT2D eigenvalue weighted by Gasteiger charge is -2.23. The second kappa shape index (κ2) is 5.61. The Morgan fingerprint density at radius 2 is 2.00 bits per heavy atom. The molecule has 0 aliphatic heterocycles. The maximum absolute atomic E-state index is 11.6. The van der Waals surface area contributed by atoms with Crippen molar-refractivity contribution in [2.24, 2.45) is 0 Å². The summed E-state index contributed by atoms with van der Waals surface area (Å²) in [6.45, 7) is 3.26. The molecule has 0 aliphatic carbocycles. The molecular weight excluding hydrogens is 383 g/mol. The van der Waals surface area contributed by atoms with E-state index in [2.05, 4.69) is 5.32 Å². The molecule has 0 amide bonds. The first kappa shape index (κ1) is 16.2. The number of anilines is 1. The number of benzene rings is 1. The smallest absolute Gasteiger partial charge is 0.293 e. The minimum atomic E-state index is -3.25. The fourth-order valence-corrected chi connectivity index (χ4v) is 2.05. The van der Waals surface area contributed by atoms with E-state index in [1.165, 1.54) is 6.07 Å². The third kappa shape index (κ3) is 4.03. The van der Waals surface area contributed by atoms with Gasteiger partial charge in [0, 0.05) is 22.4 Å². The summed E-state index contributed by atoms with van der Waals surface area (Å²) in [5, 5.41) is 13.8. The van der Waals surface area contributed by atoms with Gasteiger partial charge in [-0.25, -0.2) is 8.42 Å². The lowest BCUT2D eigenvalue weighted by molar-refractivity contribution is -0.384. The highest BCUT2D eigenvalue weighted by atomic mass is 127. The zero-order chi connectivity index (χ0) is 14.8. The molecule has 0 radical (unpaired) electrons. The van der Waals surface area contributed by atoms with E-state index >= 15 is 0 Å². The summed E-state index contributed by atoms with van der Waals surface area (Å²) in [6.07, 6.45) is 1.15. The molecule has 0 atom stereocenters. The molecule has 0 aliphatic rings. The molecule has 1 aromatic carbocycles. The van der Waals surface area contributed by atoms with Crippen LogP contribution >= 0.6 is 22.6 Å². The first-order valence-electron chi connectivity index (χ1n) is 5.42. The predicted octanol–water partition coefficient (Wildman–Crippen LogP) is 2.43. The molecule has 0 unspecified atom stereocenters. The number of nitrogens with one attached hydrogen (secondary N) is 1. The largest absolute Gasteiger partial charge is 0.378 e. The van der Waals surface area contributed by atoms with Crippen molar-refractivity contribution >= 4 is 43.8 Å². The van der Waals surface area contributed by atoms with Gasteiger partial charge in [-0.05, 0) is 48.6 Å². The van der Waals surface area contributed by atoms with E-state index in [0.29, 0.717) is 5.69 Å². The second-order valence-electron chi connectivity index (χ2n) is 4.80. The van der Waals surface area contributed by atoms with Crippen molar-refractivity contribution < 1.29 is 13.3 Å². The normalized spacial score (nSPS) is 12.2. The Morgan fingerprint density at radius 3 is 2.47 bits per heavy atom. The third-order valence-electron chi connectivity index (χ3n) is 2.86. The monoisotopic (exact) mass is 398 g/mol. The summed E-state index contributed by atoms with van der Waals surface area (Å²) < 4.78 is 22.9. The maximum Gasteiger partial charge on any atom is 0.293 e. The zero-order valence-corrected chi connectivity index (χ0v) is 13.8. The highest BCUT2D eigenvalue weighted by Gasteiger charge is 2.30. The van der Waals surface area contributed by atoms with Gasteiger partial charge in [-0.2, -0.15) is 0 Å². The Morgan fingerprint density at radius 1 is 1.42 bits per heavy atom. The molecule has 0 saturated heterocycles. The second-order valence-corrected chi connectivity index (χ2v) is 8.70. The van der Waals surface area contributed by atoms with Gasteiger partial charge in [-0.3, -0.25) is 10.1 Å². The minimum absolute atomic E-state index is 0.0591. The highest BCUT2D eigenvalue weighted by molar-refractivity contribution is 14.1. The number of nitrogens with zero attached hydrogens (tertiary/aromatic N) is 1. The van der Waals surface area contributed by atoms with Gasteiger partial charge >= 0.3 is 0 Å². The molecule has 106 valence electrons. The maximum atomic E-state index is 11.6. The van der Waals surface area contributed by atoms with E-state index in [1.54, 1.807) is 26.0 Å². The van der Waals surface area contributed by atoms with Crippen molar-refractivity contribution in [3.8, 4) is 0 Å². The van der Waals surface area contributed by atoms with Gasteiger partial charge < -0.3 is 5.32 Å². The molecule has 0 heterocycles.